The molecule has 20 heavy (non-hydrogen) atoms. The van der Waals surface area contributed by atoms with Gasteiger partial charge < -0.3 is 11.1 Å². The Bertz CT molecular complexity index is 616. The van der Waals surface area contributed by atoms with Gasteiger partial charge in [-0.2, -0.15) is 13.2 Å². The van der Waals surface area contributed by atoms with Crippen LogP contribution in [-0.4, -0.2) is 16.2 Å². The molecule has 0 saturated carbocycles. The van der Waals surface area contributed by atoms with Crippen molar-refractivity contribution in [3.05, 3.63) is 36.0 Å². The zero-order chi connectivity index (χ0) is 14.8. The zero-order valence-electron chi connectivity index (χ0n) is 10.4. The van der Waals surface area contributed by atoms with E-state index in [9.17, 15) is 13.2 Å². The molecule has 0 bridgehead atoms. The predicted octanol–water partition coefficient (Wildman–Crippen LogP) is 3.54. The Kier molecular flexibility index (Phi) is 4.03. The average Bonchev–Trinajstić information content (AvgIpc) is 2.37. The molecule has 0 fully saturated rings. The lowest BCUT2D eigenvalue weighted by molar-refractivity contribution is -0.137. The van der Waals surface area contributed by atoms with E-state index >= 15 is 0 Å². The summed E-state index contributed by atoms with van der Waals surface area (Å²) in [6, 6.07) is 6.42. The SMILES string of the molecule is CSc1ncc(C(F)(F)F)c(Nc2cccc(N)c2)n1. The molecule has 0 aliphatic carbocycles. The van der Waals surface area contributed by atoms with Crippen LogP contribution in [0.25, 0.3) is 0 Å². The maximum atomic E-state index is 12.9. The highest BCUT2D eigenvalue weighted by Crippen LogP contribution is 2.35. The number of hydrogen-bond acceptors (Lipinski definition) is 5. The van der Waals surface area contributed by atoms with E-state index in [-0.39, 0.29) is 11.0 Å². The summed E-state index contributed by atoms with van der Waals surface area (Å²) < 4.78 is 38.7. The number of nitrogen functional groups attached to an aromatic ring is 1. The van der Waals surface area contributed by atoms with Gasteiger partial charge in [0.2, 0.25) is 0 Å². The van der Waals surface area contributed by atoms with Crippen LogP contribution in [0.5, 0.6) is 0 Å². The fourth-order valence-corrected chi connectivity index (χ4v) is 1.86. The average molecular weight is 300 g/mol. The van der Waals surface area contributed by atoms with Crippen molar-refractivity contribution < 1.29 is 13.2 Å². The Labute approximate surface area is 117 Å². The van der Waals surface area contributed by atoms with Gasteiger partial charge in [-0.3, -0.25) is 0 Å². The molecule has 0 amide bonds. The fraction of sp³-hybridized carbons (Fsp3) is 0.167. The second-order valence-electron chi connectivity index (χ2n) is 3.87. The molecule has 106 valence electrons. The number of nitrogens with two attached hydrogens (primary N) is 1. The Balaban J connectivity index is 2.43. The number of alkyl halides is 3. The first kappa shape index (κ1) is 14.4. The van der Waals surface area contributed by atoms with Crippen molar-refractivity contribution in [2.45, 2.75) is 11.3 Å². The Morgan fingerprint density at radius 1 is 1.30 bits per heavy atom. The maximum absolute atomic E-state index is 12.9. The predicted molar refractivity (Wildman–Crippen MR) is 73.0 cm³/mol. The van der Waals surface area contributed by atoms with Crippen molar-refractivity contribution in [2.24, 2.45) is 0 Å². The molecule has 1 heterocycles. The molecule has 0 spiro atoms. The third-order valence-electron chi connectivity index (χ3n) is 2.40. The molecule has 0 aliphatic heterocycles. The molecule has 2 rings (SSSR count). The van der Waals surface area contributed by atoms with Gasteiger partial charge in [0.05, 0.1) is 0 Å². The molecule has 4 nitrogen and oxygen atoms in total. The lowest BCUT2D eigenvalue weighted by Gasteiger charge is -2.14. The summed E-state index contributed by atoms with van der Waals surface area (Å²) in [5.41, 5.74) is 5.55. The molecule has 0 saturated heterocycles. The minimum absolute atomic E-state index is 0.254. The standard InChI is InChI=1S/C12H11F3N4S/c1-20-11-17-6-9(12(13,14)15)10(19-11)18-8-4-2-3-7(16)5-8/h2-6H,16H2,1H3,(H,17,18,19). The lowest BCUT2D eigenvalue weighted by atomic mass is 10.2. The molecule has 2 aromatic rings. The second-order valence-corrected chi connectivity index (χ2v) is 4.64. The Morgan fingerprint density at radius 2 is 2.05 bits per heavy atom. The number of hydrogen-bond donors (Lipinski definition) is 2. The summed E-state index contributed by atoms with van der Waals surface area (Å²) in [6.45, 7) is 0. The minimum atomic E-state index is -4.53. The van der Waals surface area contributed by atoms with Crippen LogP contribution < -0.4 is 11.1 Å². The second kappa shape index (κ2) is 5.58. The monoisotopic (exact) mass is 300 g/mol. The van der Waals surface area contributed by atoms with E-state index in [1.165, 1.54) is 6.07 Å². The number of halogens is 3. The molecule has 0 unspecified atom stereocenters. The zero-order valence-corrected chi connectivity index (χ0v) is 11.2. The summed E-state index contributed by atoms with van der Waals surface area (Å²) in [4.78, 5) is 7.51. The van der Waals surface area contributed by atoms with E-state index in [2.05, 4.69) is 15.3 Å². The van der Waals surface area contributed by atoms with E-state index in [4.69, 9.17) is 5.73 Å². The highest BCUT2D eigenvalue weighted by molar-refractivity contribution is 7.98. The van der Waals surface area contributed by atoms with Crippen molar-refractivity contribution in [2.75, 3.05) is 17.3 Å². The van der Waals surface area contributed by atoms with Gasteiger partial charge in [-0.15, -0.1) is 0 Å². The van der Waals surface area contributed by atoms with Crippen molar-refractivity contribution in [3.8, 4) is 0 Å². The first-order valence-corrected chi connectivity index (χ1v) is 6.73. The third-order valence-corrected chi connectivity index (χ3v) is 2.97. The molecule has 0 atom stereocenters. The minimum Gasteiger partial charge on any atom is -0.399 e. The largest absolute Gasteiger partial charge is 0.421 e. The number of nitrogens with zero attached hydrogens (tertiary/aromatic N) is 2. The quantitative estimate of drug-likeness (QED) is 0.515. The number of benzene rings is 1. The topological polar surface area (TPSA) is 63.8 Å². The van der Waals surface area contributed by atoms with Crippen molar-refractivity contribution in [3.63, 3.8) is 0 Å². The van der Waals surface area contributed by atoms with Crippen molar-refractivity contribution in [1.29, 1.82) is 0 Å². The van der Waals surface area contributed by atoms with Gasteiger partial charge in [-0.25, -0.2) is 9.97 Å². The molecule has 1 aromatic carbocycles. The van der Waals surface area contributed by atoms with Crippen LogP contribution >= 0.6 is 11.8 Å². The number of rotatable bonds is 3. The van der Waals surface area contributed by atoms with E-state index in [0.717, 1.165) is 18.0 Å². The molecule has 3 N–H and O–H groups in total. The summed E-state index contributed by atoms with van der Waals surface area (Å²) in [7, 11) is 0. The number of anilines is 3. The van der Waals surface area contributed by atoms with Crippen LogP contribution in [0.2, 0.25) is 0 Å². The van der Waals surface area contributed by atoms with Gasteiger partial charge in [-0.1, -0.05) is 17.8 Å². The molecular formula is C12H11F3N4S. The van der Waals surface area contributed by atoms with Crippen LogP contribution in [0.15, 0.2) is 35.6 Å². The van der Waals surface area contributed by atoms with E-state index in [1.807, 2.05) is 0 Å². The van der Waals surface area contributed by atoms with Crippen molar-refractivity contribution >= 4 is 29.0 Å². The molecular weight excluding hydrogens is 289 g/mol. The number of aromatic nitrogens is 2. The van der Waals surface area contributed by atoms with Gasteiger partial charge >= 0.3 is 6.18 Å². The Morgan fingerprint density at radius 3 is 2.65 bits per heavy atom. The third kappa shape index (κ3) is 3.32. The number of nitrogens with one attached hydrogen (secondary N) is 1. The highest BCUT2D eigenvalue weighted by Gasteiger charge is 2.35. The maximum Gasteiger partial charge on any atom is 0.421 e. The summed E-state index contributed by atoms with van der Waals surface area (Å²) in [5, 5.41) is 2.88. The van der Waals surface area contributed by atoms with Crippen LogP contribution in [0, 0.1) is 0 Å². The highest BCUT2D eigenvalue weighted by atomic mass is 32.2. The van der Waals surface area contributed by atoms with Crippen LogP contribution in [0.1, 0.15) is 5.56 Å². The van der Waals surface area contributed by atoms with E-state index in [0.29, 0.717) is 11.4 Å². The van der Waals surface area contributed by atoms with E-state index in [1.54, 1.807) is 24.5 Å². The Hall–Kier alpha value is -1.96. The summed E-state index contributed by atoms with van der Waals surface area (Å²) in [6.07, 6.45) is -2.07. The van der Waals surface area contributed by atoms with Crippen LogP contribution in [-0.2, 0) is 6.18 Å². The van der Waals surface area contributed by atoms with Crippen LogP contribution in [0.4, 0.5) is 30.4 Å². The first-order valence-electron chi connectivity index (χ1n) is 5.51. The smallest absolute Gasteiger partial charge is 0.399 e. The van der Waals surface area contributed by atoms with Gasteiger partial charge in [-0.05, 0) is 24.5 Å². The summed E-state index contributed by atoms with van der Waals surface area (Å²) >= 11 is 1.16. The van der Waals surface area contributed by atoms with Gasteiger partial charge in [0.1, 0.15) is 11.4 Å². The van der Waals surface area contributed by atoms with E-state index < -0.39 is 11.7 Å². The van der Waals surface area contributed by atoms with Gasteiger partial charge in [0, 0.05) is 17.6 Å². The fourth-order valence-electron chi connectivity index (χ4n) is 1.52. The number of thioether (sulfide) groups is 1. The van der Waals surface area contributed by atoms with Crippen molar-refractivity contribution in [1.82, 2.24) is 9.97 Å². The lowest BCUT2D eigenvalue weighted by Crippen LogP contribution is -2.11. The normalized spacial score (nSPS) is 11.4. The van der Waals surface area contributed by atoms with Crippen LogP contribution in [0.3, 0.4) is 0 Å². The molecule has 0 radical (unpaired) electrons. The molecule has 8 heteroatoms. The summed E-state index contributed by atoms with van der Waals surface area (Å²) in [5.74, 6) is -0.289. The molecule has 1 aromatic heterocycles. The molecule has 0 aliphatic rings. The van der Waals surface area contributed by atoms with Gasteiger partial charge in [0.15, 0.2) is 5.16 Å². The first-order chi connectivity index (χ1) is 9.40. The van der Waals surface area contributed by atoms with Gasteiger partial charge in [0.25, 0.3) is 0 Å².